The quantitative estimate of drug-likeness (QED) is 0.877. The fourth-order valence-corrected chi connectivity index (χ4v) is 2.16. The van der Waals surface area contributed by atoms with E-state index in [0.717, 1.165) is 11.6 Å². The molecular weight excluding hydrogens is 232 g/mol. The lowest BCUT2D eigenvalue weighted by Gasteiger charge is -2.15. The maximum absolute atomic E-state index is 5.99. The molecule has 0 spiro atoms. The van der Waals surface area contributed by atoms with E-state index >= 15 is 0 Å². The maximum atomic E-state index is 5.99. The average Bonchev–Trinajstić information content (AvgIpc) is 2.76. The second-order valence-electron chi connectivity index (χ2n) is 4.20. The Morgan fingerprint density at radius 2 is 2.12 bits per heavy atom. The van der Waals surface area contributed by atoms with Crippen LogP contribution in [-0.2, 0) is 6.54 Å². The fourth-order valence-electron chi connectivity index (χ4n) is 1.94. The Morgan fingerprint density at radius 1 is 1.29 bits per heavy atom. The molecule has 0 fully saturated rings. The van der Waals surface area contributed by atoms with Gasteiger partial charge in [-0.1, -0.05) is 23.7 Å². The van der Waals surface area contributed by atoms with Crippen LogP contribution in [0.1, 0.15) is 24.2 Å². The Balaban J connectivity index is 2.22. The summed E-state index contributed by atoms with van der Waals surface area (Å²) in [7, 11) is 1.97. The molecule has 1 unspecified atom stereocenters. The molecule has 1 N–H and O–H groups in total. The normalized spacial score (nSPS) is 12.6. The van der Waals surface area contributed by atoms with Crippen molar-refractivity contribution >= 4 is 11.6 Å². The Bertz CT molecular complexity index is 490. The maximum Gasteiger partial charge on any atom is 0.0474 e. The summed E-state index contributed by atoms with van der Waals surface area (Å²) >= 11 is 5.99. The number of nitrogens with zero attached hydrogens (tertiary/aromatic N) is 1. The highest BCUT2D eigenvalue weighted by Crippen LogP contribution is 2.17. The van der Waals surface area contributed by atoms with Crippen molar-refractivity contribution in [2.45, 2.75) is 19.5 Å². The van der Waals surface area contributed by atoms with Crippen LogP contribution < -0.4 is 5.32 Å². The standard InChI is InChI=1S/C14H17ClN2/c1-11(16-2)14-7-4-8-17(14)10-12-5-3-6-13(15)9-12/h3-9,11,16H,10H2,1-2H3. The zero-order chi connectivity index (χ0) is 12.3. The van der Waals surface area contributed by atoms with E-state index in [4.69, 9.17) is 11.6 Å². The van der Waals surface area contributed by atoms with Crippen molar-refractivity contribution in [3.8, 4) is 0 Å². The minimum Gasteiger partial charge on any atom is -0.346 e. The molecule has 0 aliphatic heterocycles. The van der Waals surface area contributed by atoms with Crippen LogP contribution in [0.5, 0.6) is 0 Å². The van der Waals surface area contributed by atoms with Crippen molar-refractivity contribution in [2.24, 2.45) is 0 Å². The molecule has 0 aliphatic rings. The summed E-state index contributed by atoms with van der Waals surface area (Å²) in [6.45, 7) is 3.01. The first kappa shape index (κ1) is 12.2. The molecule has 0 radical (unpaired) electrons. The molecule has 0 bridgehead atoms. The van der Waals surface area contributed by atoms with Crippen molar-refractivity contribution in [2.75, 3.05) is 7.05 Å². The number of benzene rings is 1. The molecule has 90 valence electrons. The smallest absolute Gasteiger partial charge is 0.0474 e. The van der Waals surface area contributed by atoms with Crippen LogP contribution in [0.4, 0.5) is 0 Å². The van der Waals surface area contributed by atoms with E-state index in [0.29, 0.717) is 6.04 Å². The first-order valence-electron chi connectivity index (χ1n) is 5.77. The molecule has 2 aromatic rings. The predicted molar refractivity (Wildman–Crippen MR) is 72.5 cm³/mol. The molecule has 0 amide bonds. The molecule has 2 rings (SSSR count). The van der Waals surface area contributed by atoms with Crippen LogP contribution in [-0.4, -0.2) is 11.6 Å². The van der Waals surface area contributed by atoms with E-state index in [2.05, 4.69) is 41.2 Å². The van der Waals surface area contributed by atoms with Gasteiger partial charge in [-0.2, -0.15) is 0 Å². The lowest BCUT2D eigenvalue weighted by Crippen LogP contribution is -2.16. The summed E-state index contributed by atoms with van der Waals surface area (Å²) in [6.07, 6.45) is 2.10. The Labute approximate surface area is 107 Å². The zero-order valence-electron chi connectivity index (χ0n) is 10.2. The van der Waals surface area contributed by atoms with Crippen molar-refractivity contribution in [1.29, 1.82) is 0 Å². The van der Waals surface area contributed by atoms with Gasteiger partial charge in [-0.15, -0.1) is 0 Å². The molecule has 0 saturated heterocycles. The summed E-state index contributed by atoms with van der Waals surface area (Å²) < 4.78 is 2.24. The molecule has 1 aromatic carbocycles. The Morgan fingerprint density at radius 3 is 2.82 bits per heavy atom. The van der Waals surface area contributed by atoms with Crippen LogP contribution in [0.15, 0.2) is 42.6 Å². The van der Waals surface area contributed by atoms with Gasteiger partial charge >= 0.3 is 0 Å². The summed E-state index contributed by atoms with van der Waals surface area (Å²) in [5.74, 6) is 0. The third-order valence-electron chi connectivity index (χ3n) is 2.98. The van der Waals surface area contributed by atoms with E-state index < -0.39 is 0 Å². The molecule has 1 atom stereocenters. The first-order chi connectivity index (χ1) is 8.20. The van der Waals surface area contributed by atoms with Gasteiger partial charge in [-0.25, -0.2) is 0 Å². The van der Waals surface area contributed by atoms with E-state index in [1.807, 2.05) is 25.2 Å². The van der Waals surface area contributed by atoms with Gasteiger partial charge in [0.25, 0.3) is 0 Å². The van der Waals surface area contributed by atoms with Gasteiger partial charge in [0.2, 0.25) is 0 Å². The van der Waals surface area contributed by atoms with Gasteiger partial charge in [-0.05, 0) is 43.8 Å². The molecule has 2 nitrogen and oxygen atoms in total. The summed E-state index contributed by atoms with van der Waals surface area (Å²) in [5.41, 5.74) is 2.51. The van der Waals surface area contributed by atoms with E-state index in [1.165, 1.54) is 11.3 Å². The fraction of sp³-hybridized carbons (Fsp3) is 0.286. The van der Waals surface area contributed by atoms with Gasteiger partial charge in [0.05, 0.1) is 0 Å². The minimum absolute atomic E-state index is 0.351. The van der Waals surface area contributed by atoms with Crippen LogP contribution >= 0.6 is 11.6 Å². The van der Waals surface area contributed by atoms with E-state index in [9.17, 15) is 0 Å². The van der Waals surface area contributed by atoms with Crippen LogP contribution in [0, 0.1) is 0 Å². The van der Waals surface area contributed by atoms with Crippen LogP contribution in [0.2, 0.25) is 5.02 Å². The third-order valence-corrected chi connectivity index (χ3v) is 3.22. The van der Waals surface area contributed by atoms with Gasteiger partial charge < -0.3 is 9.88 Å². The van der Waals surface area contributed by atoms with Crippen molar-refractivity contribution in [1.82, 2.24) is 9.88 Å². The summed E-state index contributed by atoms with van der Waals surface area (Å²) in [6, 6.07) is 12.6. The second kappa shape index (κ2) is 5.39. The van der Waals surface area contributed by atoms with Crippen molar-refractivity contribution < 1.29 is 0 Å². The molecule has 1 aromatic heterocycles. The van der Waals surface area contributed by atoms with E-state index in [-0.39, 0.29) is 0 Å². The highest BCUT2D eigenvalue weighted by molar-refractivity contribution is 6.30. The first-order valence-corrected chi connectivity index (χ1v) is 6.15. The lowest BCUT2D eigenvalue weighted by atomic mass is 10.2. The molecule has 0 aliphatic carbocycles. The molecule has 0 saturated carbocycles. The molecular formula is C14H17ClN2. The third kappa shape index (κ3) is 2.90. The number of nitrogens with one attached hydrogen (secondary N) is 1. The molecule has 1 heterocycles. The van der Waals surface area contributed by atoms with Gasteiger partial charge in [0.15, 0.2) is 0 Å². The average molecular weight is 249 g/mol. The number of hydrogen-bond acceptors (Lipinski definition) is 1. The van der Waals surface area contributed by atoms with Crippen molar-refractivity contribution in [3.05, 3.63) is 58.9 Å². The number of halogens is 1. The monoisotopic (exact) mass is 248 g/mol. The SMILES string of the molecule is CNC(C)c1cccn1Cc1cccc(Cl)c1. The highest BCUT2D eigenvalue weighted by Gasteiger charge is 2.07. The topological polar surface area (TPSA) is 17.0 Å². The highest BCUT2D eigenvalue weighted by atomic mass is 35.5. The van der Waals surface area contributed by atoms with Gasteiger partial charge in [0, 0.05) is 29.5 Å². The van der Waals surface area contributed by atoms with Crippen LogP contribution in [0.25, 0.3) is 0 Å². The number of aromatic nitrogens is 1. The largest absolute Gasteiger partial charge is 0.346 e. The minimum atomic E-state index is 0.351. The molecule has 3 heteroatoms. The predicted octanol–water partition coefficient (Wildman–Crippen LogP) is 3.47. The molecule has 17 heavy (non-hydrogen) atoms. The summed E-state index contributed by atoms with van der Waals surface area (Å²) in [4.78, 5) is 0. The second-order valence-corrected chi connectivity index (χ2v) is 4.64. The van der Waals surface area contributed by atoms with Gasteiger partial charge in [-0.3, -0.25) is 0 Å². The van der Waals surface area contributed by atoms with Crippen LogP contribution in [0.3, 0.4) is 0 Å². The zero-order valence-corrected chi connectivity index (χ0v) is 10.9. The summed E-state index contributed by atoms with van der Waals surface area (Å²) in [5, 5.41) is 4.05. The number of hydrogen-bond donors (Lipinski definition) is 1. The van der Waals surface area contributed by atoms with Crippen molar-refractivity contribution in [3.63, 3.8) is 0 Å². The Hall–Kier alpha value is -1.25. The van der Waals surface area contributed by atoms with E-state index in [1.54, 1.807) is 0 Å². The number of rotatable bonds is 4. The van der Waals surface area contributed by atoms with Gasteiger partial charge in [0.1, 0.15) is 0 Å². The lowest BCUT2D eigenvalue weighted by molar-refractivity contribution is 0.589. The Kier molecular flexibility index (Phi) is 3.87.